The van der Waals surface area contributed by atoms with Crippen LogP contribution in [0.1, 0.15) is 11.1 Å². The van der Waals surface area contributed by atoms with Gasteiger partial charge in [-0.05, 0) is 17.2 Å². The number of rotatable bonds is 2. The second kappa shape index (κ2) is 4.15. The van der Waals surface area contributed by atoms with Gasteiger partial charge in [-0.3, -0.25) is 0 Å². The number of alkyl halides is 2. The van der Waals surface area contributed by atoms with Crippen LogP contribution in [0.5, 0.6) is 0 Å². The van der Waals surface area contributed by atoms with E-state index in [4.69, 9.17) is 34.8 Å². The molecular weight excluding hydrogens is 204 g/mol. The van der Waals surface area contributed by atoms with Crippen LogP contribution in [0, 0.1) is 0 Å². The Morgan fingerprint density at radius 1 is 1.18 bits per heavy atom. The highest BCUT2D eigenvalue weighted by atomic mass is 35.5. The summed E-state index contributed by atoms with van der Waals surface area (Å²) in [6.45, 7) is 0. The summed E-state index contributed by atoms with van der Waals surface area (Å²) in [4.78, 5) is 3.88. The Hall–Kier alpha value is 0.0200. The highest BCUT2D eigenvalue weighted by Crippen LogP contribution is 2.16. The summed E-state index contributed by atoms with van der Waals surface area (Å²) in [5.41, 5.74) is 1.88. The Balaban J connectivity index is 3.06. The molecule has 4 heteroatoms. The van der Waals surface area contributed by atoms with Crippen LogP contribution < -0.4 is 0 Å². The van der Waals surface area contributed by atoms with E-state index in [9.17, 15) is 0 Å². The SMILES string of the molecule is ClCc1cnc(Cl)cc1CCl. The van der Waals surface area contributed by atoms with E-state index in [1.807, 2.05) is 0 Å². The summed E-state index contributed by atoms with van der Waals surface area (Å²) >= 11 is 16.9. The van der Waals surface area contributed by atoms with E-state index in [2.05, 4.69) is 4.98 Å². The predicted octanol–water partition coefficient (Wildman–Crippen LogP) is 3.21. The van der Waals surface area contributed by atoms with Gasteiger partial charge in [-0.1, -0.05) is 11.6 Å². The predicted molar refractivity (Wildman–Crippen MR) is 48.4 cm³/mol. The zero-order chi connectivity index (χ0) is 8.27. The summed E-state index contributed by atoms with van der Waals surface area (Å²) < 4.78 is 0. The van der Waals surface area contributed by atoms with Crippen molar-refractivity contribution in [2.75, 3.05) is 0 Å². The molecule has 0 unspecified atom stereocenters. The van der Waals surface area contributed by atoms with E-state index in [1.165, 1.54) is 0 Å². The minimum Gasteiger partial charge on any atom is -0.244 e. The lowest BCUT2D eigenvalue weighted by molar-refractivity contribution is 1.18. The average molecular weight is 210 g/mol. The summed E-state index contributed by atoms with van der Waals surface area (Å²) in [5, 5.41) is 0.453. The summed E-state index contributed by atoms with van der Waals surface area (Å²) in [5.74, 6) is 0.844. The maximum atomic E-state index is 5.64. The van der Waals surface area contributed by atoms with Crippen LogP contribution in [0.3, 0.4) is 0 Å². The van der Waals surface area contributed by atoms with Gasteiger partial charge >= 0.3 is 0 Å². The molecule has 60 valence electrons. The average Bonchev–Trinajstić information content (AvgIpc) is 2.04. The number of pyridine rings is 1. The molecule has 0 saturated carbocycles. The zero-order valence-corrected chi connectivity index (χ0v) is 7.92. The Morgan fingerprint density at radius 3 is 2.36 bits per heavy atom. The minimum atomic E-state index is 0.421. The summed E-state index contributed by atoms with van der Waals surface area (Å²) in [6.07, 6.45) is 1.65. The van der Waals surface area contributed by atoms with Gasteiger partial charge in [-0.2, -0.15) is 0 Å². The summed E-state index contributed by atoms with van der Waals surface area (Å²) in [6, 6.07) is 1.73. The molecule has 0 bridgehead atoms. The van der Waals surface area contributed by atoms with Gasteiger partial charge in [-0.15, -0.1) is 23.2 Å². The van der Waals surface area contributed by atoms with Gasteiger partial charge in [-0.25, -0.2) is 4.98 Å². The molecule has 0 radical (unpaired) electrons. The molecule has 0 fully saturated rings. The normalized spacial score (nSPS) is 10.1. The number of hydrogen-bond donors (Lipinski definition) is 0. The molecule has 0 spiro atoms. The van der Waals surface area contributed by atoms with Crippen molar-refractivity contribution < 1.29 is 0 Å². The lowest BCUT2D eigenvalue weighted by Gasteiger charge is -2.01. The molecule has 1 heterocycles. The fourth-order valence-corrected chi connectivity index (χ4v) is 1.41. The lowest BCUT2D eigenvalue weighted by Crippen LogP contribution is -1.89. The van der Waals surface area contributed by atoms with Gasteiger partial charge < -0.3 is 0 Å². The van der Waals surface area contributed by atoms with E-state index >= 15 is 0 Å². The highest BCUT2D eigenvalue weighted by Gasteiger charge is 2.01. The van der Waals surface area contributed by atoms with E-state index in [1.54, 1.807) is 12.3 Å². The van der Waals surface area contributed by atoms with Gasteiger partial charge in [0, 0.05) is 18.0 Å². The third-order valence-electron chi connectivity index (χ3n) is 1.34. The molecule has 0 aromatic carbocycles. The first-order valence-electron chi connectivity index (χ1n) is 3.03. The van der Waals surface area contributed by atoms with E-state index in [-0.39, 0.29) is 0 Å². The third-order valence-corrected chi connectivity index (χ3v) is 2.12. The third kappa shape index (κ3) is 2.22. The first-order chi connectivity index (χ1) is 5.27. The molecular formula is C7H6Cl3N. The molecule has 0 amide bonds. The van der Waals surface area contributed by atoms with Gasteiger partial charge in [0.05, 0.1) is 0 Å². The van der Waals surface area contributed by atoms with Gasteiger partial charge in [0.15, 0.2) is 0 Å². The van der Waals surface area contributed by atoms with Crippen LogP contribution in [0.2, 0.25) is 5.15 Å². The molecule has 1 aromatic rings. The minimum absolute atomic E-state index is 0.421. The fraction of sp³-hybridized carbons (Fsp3) is 0.286. The Kier molecular flexibility index (Phi) is 3.44. The molecule has 0 N–H and O–H groups in total. The number of hydrogen-bond acceptors (Lipinski definition) is 1. The number of nitrogens with zero attached hydrogens (tertiary/aromatic N) is 1. The molecule has 1 nitrogen and oxygen atoms in total. The van der Waals surface area contributed by atoms with Gasteiger partial charge in [0.1, 0.15) is 5.15 Å². The molecule has 0 aliphatic rings. The van der Waals surface area contributed by atoms with E-state index in [0.717, 1.165) is 11.1 Å². The first kappa shape index (κ1) is 9.11. The van der Waals surface area contributed by atoms with Crippen molar-refractivity contribution >= 4 is 34.8 Å². The van der Waals surface area contributed by atoms with Crippen LogP contribution in [0.15, 0.2) is 12.3 Å². The standard InChI is InChI=1S/C7H6Cl3N/c8-2-5-1-7(10)11-4-6(5)3-9/h1,4H,2-3H2. The van der Waals surface area contributed by atoms with Crippen LogP contribution in [0.25, 0.3) is 0 Å². The van der Waals surface area contributed by atoms with Crippen LogP contribution >= 0.6 is 34.8 Å². The van der Waals surface area contributed by atoms with Crippen LogP contribution in [0.4, 0.5) is 0 Å². The molecule has 0 aliphatic heterocycles. The largest absolute Gasteiger partial charge is 0.244 e. The second-order valence-electron chi connectivity index (χ2n) is 2.04. The highest BCUT2D eigenvalue weighted by molar-refractivity contribution is 6.29. The Morgan fingerprint density at radius 2 is 1.82 bits per heavy atom. The van der Waals surface area contributed by atoms with Crippen molar-refractivity contribution in [3.8, 4) is 0 Å². The molecule has 1 rings (SSSR count). The van der Waals surface area contributed by atoms with Crippen molar-refractivity contribution in [3.05, 3.63) is 28.5 Å². The monoisotopic (exact) mass is 209 g/mol. The maximum absolute atomic E-state index is 5.64. The summed E-state index contributed by atoms with van der Waals surface area (Å²) in [7, 11) is 0. The van der Waals surface area contributed by atoms with Gasteiger partial charge in [0.2, 0.25) is 0 Å². The molecule has 0 saturated heterocycles. The first-order valence-corrected chi connectivity index (χ1v) is 4.48. The van der Waals surface area contributed by atoms with E-state index < -0.39 is 0 Å². The Bertz CT molecular complexity index is 249. The molecule has 11 heavy (non-hydrogen) atoms. The molecule has 0 aliphatic carbocycles. The van der Waals surface area contributed by atoms with Crippen LogP contribution in [-0.4, -0.2) is 4.98 Å². The quantitative estimate of drug-likeness (QED) is 0.540. The van der Waals surface area contributed by atoms with Crippen molar-refractivity contribution in [1.82, 2.24) is 4.98 Å². The van der Waals surface area contributed by atoms with Crippen molar-refractivity contribution in [1.29, 1.82) is 0 Å². The Labute approximate surface area is 80.3 Å². The van der Waals surface area contributed by atoms with Crippen molar-refractivity contribution in [3.63, 3.8) is 0 Å². The maximum Gasteiger partial charge on any atom is 0.129 e. The second-order valence-corrected chi connectivity index (χ2v) is 2.96. The van der Waals surface area contributed by atoms with Crippen molar-refractivity contribution in [2.24, 2.45) is 0 Å². The topological polar surface area (TPSA) is 12.9 Å². The van der Waals surface area contributed by atoms with Crippen molar-refractivity contribution in [2.45, 2.75) is 11.8 Å². The molecule has 1 aromatic heterocycles. The zero-order valence-electron chi connectivity index (χ0n) is 5.65. The van der Waals surface area contributed by atoms with E-state index in [0.29, 0.717) is 16.9 Å². The fourth-order valence-electron chi connectivity index (χ4n) is 0.741. The van der Waals surface area contributed by atoms with Gasteiger partial charge in [0.25, 0.3) is 0 Å². The smallest absolute Gasteiger partial charge is 0.129 e. The number of aromatic nitrogens is 1. The molecule has 0 atom stereocenters. The lowest BCUT2D eigenvalue weighted by atomic mass is 10.2. The van der Waals surface area contributed by atoms with Crippen LogP contribution in [-0.2, 0) is 11.8 Å². The number of halogens is 3.